The Hall–Kier alpha value is -0.0431. The first-order valence-electron chi connectivity index (χ1n) is 1.49. The Labute approximate surface area is 37.9 Å². The molecule has 0 bridgehead atoms. The van der Waals surface area contributed by atoms with Gasteiger partial charge < -0.3 is 0 Å². The lowest BCUT2D eigenvalue weighted by Crippen LogP contribution is -1.26. The summed E-state index contributed by atoms with van der Waals surface area (Å²) < 4.78 is 0. The maximum Gasteiger partial charge on any atom is -0.0149 e. The molecule has 0 unspecified atom stereocenters. The monoisotopic (exact) mass is 88.1 g/mol. The molecule has 0 aromatic heterocycles. The van der Waals surface area contributed by atoms with Gasteiger partial charge in [0, 0.05) is 0 Å². The van der Waals surface area contributed by atoms with Crippen LogP contribution in [0, 0.1) is 0 Å². The average Bonchev–Trinajstić information content (AvgIpc) is 1.37. The minimum absolute atomic E-state index is 0. The summed E-state index contributed by atoms with van der Waals surface area (Å²) in [6.07, 6.45) is 4.00. The lowest BCUT2D eigenvalue weighted by Gasteiger charge is -1.49. The van der Waals surface area contributed by atoms with E-state index in [1.807, 2.05) is 26.0 Å². The quantitative estimate of drug-likeness (QED) is 0.292. The van der Waals surface area contributed by atoms with Gasteiger partial charge in [-0.3, -0.25) is 0 Å². The first-order valence-corrected chi connectivity index (χ1v) is 1.49. The lowest BCUT2D eigenvalue weighted by molar-refractivity contribution is 1.64. The van der Waals surface area contributed by atoms with Crippen molar-refractivity contribution in [3.8, 4) is 0 Å². The molecule has 32 valence electrons. The third-order valence-corrected chi connectivity index (χ3v) is 0.333. The lowest BCUT2D eigenvalue weighted by atomic mass is 10.6. The largest absolute Gasteiger partial charge is 0.0919 e. The van der Waals surface area contributed by atoms with Gasteiger partial charge in [-0.25, -0.2) is 0 Å². The molecule has 1 heteroatoms. The number of hydrogen-bond donors (Lipinski definition) is 0. The topological polar surface area (TPSA) is 0 Å². The summed E-state index contributed by atoms with van der Waals surface area (Å²) >= 11 is 0. The zero-order valence-corrected chi connectivity index (χ0v) is 3.15. The Kier molecular flexibility index (Phi) is 16.0. The van der Waals surface area contributed by atoms with Crippen LogP contribution in [-0.2, 0) is 0 Å². The summed E-state index contributed by atoms with van der Waals surface area (Å²) in [4.78, 5) is 0. The summed E-state index contributed by atoms with van der Waals surface area (Å²) in [5.41, 5.74) is 0. The molecule has 0 fully saturated rings. The molecule has 0 aromatic rings. The fourth-order valence-corrected chi connectivity index (χ4v) is 0. The Morgan fingerprint density at radius 1 is 1.00 bits per heavy atom. The molecule has 0 amide bonds. The maximum atomic E-state index is 2.00. The highest BCUT2D eigenvalue weighted by Gasteiger charge is 1.34. The molecule has 0 rings (SSSR count). The van der Waals surface area contributed by atoms with Crippen molar-refractivity contribution in [2.24, 2.45) is 0 Å². The van der Waals surface area contributed by atoms with Crippen LogP contribution >= 0.6 is 0 Å². The second-order valence-corrected chi connectivity index (χ2v) is 0.667. The van der Waals surface area contributed by atoms with E-state index in [2.05, 4.69) is 0 Å². The molecule has 0 spiro atoms. The molecule has 5 heavy (non-hydrogen) atoms. The number of hydrogen-bond acceptors (Lipinski definition) is 0. The standard InChI is InChI=1S/C4H8.H4Si/c1-3-4-2;/h3-4H,1-2H3;1H4. The van der Waals surface area contributed by atoms with E-state index in [9.17, 15) is 0 Å². The molecule has 0 aliphatic rings. The molecule has 0 aliphatic carbocycles. The summed E-state index contributed by atoms with van der Waals surface area (Å²) in [6, 6.07) is 0. The zero-order valence-electron chi connectivity index (χ0n) is 3.15. The van der Waals surface area contributed by atoms with Gasteiger partial charge in [-0.1, -0.05) is 12.2 Å². The zero-order chi connectivity index (χ0) is 3.41. The maximum absolute atomic E-state index is 2.00. The molecule has 0 heterocycles. The molecule has 0 nitrogen and oxygen atoms in total. The van der Waals surface area contributed by atoms with Crippen LogP contribution in [0.25, 0.3) is 0 Å². The first kappa shape index (κ1) is 8.88. The second-order valence-electron chi connectivity index (χ2n) is 0.667. The molecule has 0 saturated carbocycles. The van der Waals surface area contributed by atoms with Gasteiger partial charge in [-0.2, -0.15) is 0 Å². The third kappa shape index (κ3) is 16.5. The van der Waals surface area contributed by atoms with Crippen LogP contribution in [0.15, 0.2) is 12.2 Å². The normalized spacial score (nSPS) is 7.60. The number of rotatable bonds is 0. The van der Waals surface area contributed by atoms with E-state index in [4.69, 9.17) is 0 Å². The van der Waals surface area contributed by atoms with E-state index in [0.29, 0.717) is 0 Å². The summed E-state index contributed by atoms with van der Waals surface area (Å²) in [5.74, 6) is 0. The molecule has 0 aromatic carbocycles. The van der Waals surface area contributed by atoms with Gasteiger partial charge in [0.1, 0.15) is 0 Å². The Morgan fingerprint density at radius 2 is 1.20 bits per heavy atom. The van der Waals surface area contributed by atoms with Gasteiger partial charge in [-0.15, -0.1) is 0 Å². The molecule has 0 radical (unpaired) electrons. The van der Waals surface area contributed by atoms with Crippen LogP contribution in [0.5, 0.6) is 0 Å². The smallest absolute Gasteiger partial charge is 0.0149 e. The molecule has 0 aliphatic heterocycles. The van der Waals surface area contributed by atoms with Crippen LogP contribution in [0.1, 0.15) is 13.8 Å². The van der Waals surface area contributed by atoms with E-state index in [-0.39, 0.29) is 11.0 Å². The molecular weight excluding hydrogens is 76.1 g/mol. The SMILES string of the molecule is CC=CC.[SiH4]. The molecule has 0 saturated heterocycles. The Bertz CT molecular complexity index is 18.8. The van der Waals surface area contributed by atoms with E-state index in [1.165, 1.54) is 0 Å². The van der Waals surface area contributed by atoms with Gasteiger partial charge in [-0.05, 0) is 24.8 Å². The Balaban J connectivity index is 0. The highest BCUT2D eigenvalue weighted by molar-refractivity contribution is 5.75. The van der Waals surface area contributed by atoms with E-state index >= 15 is 0 Å². The van der Waals surface area contributed by atoms with Gasteiger partial charge >= 0.3 is 0 Å². The Morgan fingerprint density at radius 3 is 1.20 bits per heavy atom. The molecule has 0 N–H and O–H groups in total. The number of allylic oxidation sites excluding steroid dienone is 2. The summed E-state index contributed by atoms with van der Waals surface area (Å²) in [7, 11) is 0. The highest BCUT2D eigenvalue weighted by Crippen LogP contribution is 1.57. The van der Waals surface area contributed by atoms with Gasteiger partial charge in [0.15, 0.2) is 0 Å². The van der Waals surface area contributed by atoms with Gasteiger partial charge in [0.25, 0.3) is 0 Å². The molecular formula is C4H12Si. The third-order valence-electron chi connectivity index (χ3n) is 0.333. The van der Waals surface area contributed by atoms with Gasteiger partial charge in [0.2, 0.25) is 0 Å². The van der Waals surface area contributed by atoms with Gasteiger partial charge in [0.05, 0.1) is 0 Å². The van der Waals surface area contributed by atoms with Crippen LogP contribution < -0.4 is 0 Å². The molecule has 0 atom stereocenters. The van der Waals surface area contributed by atoms with E-state index < -0.39 is 0 Å². The van der Waals surface area contributed by atoms with Crippen molar-refractivity contribution in [3.05, 3.63) is 12.2 Å². The minimum Gasteiger partial charge on any atom is -0.0919 e. The van der Waals surface area contributed by atoms with Crippen LogP contribution in [0.4, 0.5) is 0 Å². The van der Waals surface area contributed by atoms with Crippen molar-refractivity contribution in [2.45, 2.75) is 13.8 Å². The van der Waals surface area contributed by atoms with Crippen molar-refractivity contribution in [1.82, 2.24) is 0 Å². The minimum atomic E-state index is 0. The van der Waals surface area contributed by atoms with Crippen molar-refractivity contribution < 1.29 is 0 Å². The van der Waals surface area contributed by atoms with Crippen molar-refractivity contribution in [2.75, 3.05) is 0 Å². The predicted octanol–water partition coefficient (Wildman–Crippen LogP) is 0.131. The van der Waals surface area contributed by atoms with E-state index in [1.54, 1.807) is 0 Å². The average molecular weight is 88.2 g/mol. The second kappa shape index (κ2) is 9.03. The van der Waals surface area contributed by atoms with Crippen LogP contribution in [0.3, 0.4) is 0 Å². The highest BCUT2D eigenvalue weighted by atomic mass is 28.1. The summed E-state index contributed by atoms with van der Waals surface area (Å²) in [6.45, 7) is 4.00. The van der Waals surface area contributed by atoms with Crippen molar-refractivity contribution in [1.29, 1.82) is 0 Å². The van der Waals surface area contributed by atoms with Crippen molar-refractivity contribution >= 4 is 11.0 Å². The van der Waals surface area contributed by atoms with Crippen molar-refractivity contribution in [3.63, 3.8) is 0 Å². The predicted molar refractivity (Wildman–Crippen MR) is 31.8 cm³/mol. The fourth-order valence-electron chi connectivity index (χ4n) is 0. The fraction of sp³-hybridized carbons (Fsp3) is 0.500. The van der Waals surface area contributed by atoms with E-state index in [0.717, 1.165) is 0 Å². The van der Waals surface area contributed by atoms with Crippen LogP contribution in [0.2, 0.25) is 0 Å². The first-order chi connectivity index (χ1) is 1.91. The summed E-state index contributed by atoms with van der Waals surface area (Å²) in [5, 5.41) is 0. The van der Waals surface area contributed by atoms with Crippen LogP contribution in [-0.4, -0.2) is 11.0 Å².